The quantitative estimate of drug-likeness (QED) is 0.588. The molecule has 2 aliphatic rings. The number of ether oxygens (including phenoxy) is 2. The van der Waals surface area contributed by atoms with Gasteiger partial charge in [0, 0.05) is 18.7 Å². The molecule has 0 amide bonds. The minimum atomic E-state index is -4.69. The van der Waals surface area contributed by atoms with Gasteiger partial charge in [0.1, 0.15) is 5.75 Å². The number of benzene rings is 1. The normalized spacial score (nSPS) is 22.3. The van der Waals surface area contributed by atoms with Gasteiger partial charge in [-0.1, -0.05) is 30.4 Å². The molecule has 3 rings (SSSR count). The predicted molar refractivity (Wildman–Crippen MR) is 114 cm³/mol. The highest BCUT2D eigenvalue weighted by Crippen LogP contribution is 2.31. The van der Waals surface area contributed by atoms with Gasteiger partial charge in [-0.25, -0.2) is 4.79 Å². The molecule has 1 saturated heterocycles. The van der Waals surface area contributed by atoms with Crippen LogP contribution >= 0.6 is 0 Å². The lowest BCUT2D eigenvalue weighted by molar-refractivity contribution is -0.274. The molecule has 1 aromatic rings. The van der Waals surface area contributed by atoms with Gasteiger partial charge in [-0.2, -0.15) is 0 Å². The van der Waals surface area contributed by atoms with E-state index in [2.05, 4.69) is 4.74 Å². The number of aliphatic carboxylic acids is 2. The third-order valence-electron chi connectivity index (χ3n) is 5.43. The number of carbonyl (C=O) groups is 3. The summed E-state index contributed by atoms with van der Waals surface area (Å²) in [4.78, 5) is 34.8. The number of hydrogen-bond acceptors (Lipinski definition) is 6. The fraction of sp³-hybridized carbons (Fsp3) is 0.435. The van der Waals surface area contributed by atoms with Crippen LogP contribution in [0.3, 0.4) is 0 Å². The van der Waals surface area contributed by atoms with Crippen LogP contribution in [0.15, 0.2) is 48.1 Å². The standard InChI is InChI=1S/C14H16F3NO3.C9H10O4/c1-20-13(19)11-5-6-18(9-11)8-10-3-2-4-12(7-10)21-14(15,16)17;1-9(8(12)13)4-2-3-6(5-9)7(10)11/h2-4,7,11H,5-6,8-9H2,1H3;2-4H,5H2,1H3,(H,10,11)(H,12,13). The molecule has 0 saturated carbocycles. The summed E-state index contributed by atoms with van der Waals surface area (Å²) in [5.74, 6) is -2.70. The summed E-state index contributed by atoms with van der Waals surface area (Å²) >= 11 is 0. The van der Waals surface area contributed by atoms with Gasteiger partial charge in [0.25, 0.3) is 0 Å². The largest absolute Gasteiger partial charge is 0.573 e. The van der Waals surface area contributed by atoms with Crippen LogP contribution in [0.4, 0.5) is 13.2 Å². The lowest BCUT2D eigenvalue weighted by Gasteiger charge is -2.23. The van der Waals surface area contributed by atoms with Crippen molar-refractivity contribution in [2.45, 2.75) is 32.7 Å². The van der Waals surface area contributed by atoms with Gasteiger partial charge in [-0.05, 0) is 44.0 Å². The Hall–Kier alpha value is -3.34. The number of carboxylic acids is 2. The molecule has 11 heteroatoms. The van der Waals surface area contributed by atoms with Crippen molar-refractivity contribution in [1.82, 2.24) is 4.90 Å². The van der Waals surface area contributed by atoms with Crippen LogP contribution in [0.5, 0.6) is 5.75 Å². The summed E-state index contributed by atoms with van der Waals surface area (Å²) in [7, 11) is 1.35. The molecule has 0 radical (unpaired) electrons. The van der Waals surface area contributed by atoms with E-state index in [1.165, 1.54) is 50.5 Å². The van der Waals surface area contributed by atoms with E-state index in [4.69, 9.17) is 14.9 Å². The fourth-order valence-electron chi connectivity index (χ4n) is 3.62. The van der Waals surface area contributed by atoms with Crippen molar-refractivity contribution in [2.75, 3.05) is 20.2 Å². The van der Waals surface area contributed by atoms with E-state index in [1.807, 2.05) is 4.90 Å². The zero-order valence-electron chi connectivity index (χ0n) is 18.7. The highest BCUT2D eigenvalue weighted by Gasteiger charge is 2.34. The Kier molecular flexibility index (Phi) is 8.86. The van der Waals surface area contributed by atoms with Gasteiger partial charge >= 0.3 is 24.3 Å². The molecule has 2 unspecified atom stereocenters. The SMILES string of the molecule is CC1(C(=O)O)C=CC=C(C(=O)O)C1.COC(=O)C1CCN(Cc2cccc(OC(F)(F)F)c2)C1. The number of allylic oxidation sites excluding steroid dienone is 2. The number of rotatable bonds is 6. The number of halogens is 3. The molecule has 1 heterocycles. The van der Waals surface area contributed by atoms with Crippen molar-refractivity contribution in [3.8, 4) is 5.75 Å². The molecule has 1 aliphatic carbocycles. The summed E-state index contributed by atoms with van der Waals surface area (Å²) in [6.07, 6.45) is 0.442. The highest BCUT2D eigenvalue weighted by atomic mass is 19.4. The van der Waals surface area contributed by atoms with Crippen molar-refractivity contribution in [2.24, 2.45) is 11.3 Å². The first-order valence-corrected chi connectivity index (χ1v) is 10.3. The lowest BCUT2D eigenvalue weighted by Crippen LogP contribution is -2.28. The summed E-state index contributed by atoms with van der Waals surface area (Å²) < 4.78 is 45.1. The van der Waals surface area contributed by atoms with E-state index >= 15 is 0 Å². The molecule has 2 N–H and O–H groups in total. The van der Waals surface area contributed by atoms with Crippen molar-refractivity contribution >= 4 is 17.9 Å². The van der Waals surface area contributed by atoms with Gasteiger partial charge in [0.15, 0.2) is 0 Å². The van der Waals surface area contributed by atoms with Crippen LogP contribution in [-0.2, 0) is 25.7 Å². The number of carbonyl (C=O) groups excluding carboxylic acids is 1. The van der Waals surface area contributed by atoms with E-state index in [9.17, 15) is 27.6 Å². The molecule has 1 fully saturated rings. The van der Waals surface area contributed by atoms with Crippen LogP contribution in [0.25, 0.3) is 0 Å². The molecule has 0 bridgehead atoms. The van der Waals surface area contributed by atoms with Crippen molar-refractivity contribution < 1.29 is 47.2 Å². The van der Waals surface area contributed by atoms with E-state index in [1.54, 1.807) is 6.07 Å². The Morgan fingerprint density at radius 1 is 1.24 bits per heavy atom. The van der Waals surface area contributed by atoms with E-state index in [-0.39, 0.29) is 29.6 Å². The number of likely N-dealkylation sites (tertiary alicyclic amines) is 1. The number of nitrogens with zero attached hydrogens (tertiary/aromatic N) is 1. The molecule has 186 valence electrons. The molecule has 8 nitrogen and oxygen atoms in total. The molecule has 34 heavy (non-hydrogen) atoms. The van der Waals surface area contributed by atoms with Crippen molar-refractivity contribution in [3.63, 3.8) is 0 Å². The first-order valence-electron chi connectivity index (χ1n) is 10.3. The smallest absolute Gasteiger partial charge is 0.481 e. The van der Waals surface area contributed by atoms with Gasteiger partial charge in [-0.3, -0.25) is 14.5 Å². The molecule has 2 atom stereocenters. The van der Waals surface area contributed by atoms with Gasteiger partial charge in [0.05, 0.1) is 18.4 Å². The number of carboxylic acid groups (broad SMARTS) is 2. The van der Waals surface area contributed by atoms with Crippen LogP contribution < -0.4 is 4.74 Å². The van der Waals surface area contributed by atoms with E-state index < -0.39 is 23.7 Å². The summed E-state index contributed by atoms with van der Waals surface area (Å²) in [6.45, 7) is 3.24. The molecular weight excluding hydrogens is 459 g/mol. The van der Waals surface area contributed by atoms with E-state index in [0.717, 1.165) is 0 Å². The Balaban J connectivity index is 0.000000270. The number of alkyl halides is 3. The fourth-order valence-corrected chi connectivity index (χ4v) is 3.62. The summed E-state index contributed by atoms with van der Waals surface area (Å²) in [6, 6.07) is 5.87. The summed E-state index contributed by atoms with van der Waals surface area (Å²) in [5, 5.41) is 17.5. The molecule has 1 aliphatic heterocycles. The topological polar surface area (TPSA) is 113 Å². The van der Waals surface area contributed by atoms with Gasteiger partial charge < -0.3 is 19.7 Å². The zero-order valence-corrected chi connectivity index (χ0v) is 18.7. The minimum Gasteiger partial charge on any atom is -0.481 e. The maximum atomic E-state index is 12.2. The Morgan fingerprint density at radius 2 is 1.94 bits per heavy atom. The van der Waals surface area contributed by atoms with Crippen molar-refractivity contribution in [1.29, 1.82) is 0 Å². The maximum Gasteiger partial charge on any atom is 0.573 e. The Bertz CT molecular complexity index is 974. The highest BCUT2D eigenvalue weighted by molar-refractivity contribution is 5.90. The number of esters is 1. The number of methoxy groups -OCH3 is 1. The van der Waals surface area contributed by atoms with Gasteiger partial charge in [0.2, 0.25) is 0 Å². The molecular formula is C23H26F3NO7. The van der Waals surface area contributed by atoms with Crippen LogP contribution in [0.1, 0.15) is 25.3 Å². The minimum absolute atomic E-state index is 0.0359. The molecule has 0 spiro atoms. The summed E-state index contributed by atoms with van der Waals surface area (Å²) in [5.41, 5.74) is -0.239. The maximum absolute atomic E-state index is 12.2. The zero-order chi connectivity index (χ0) is 25.5. The second-order valence-electron chi connectivity index (χ2n) is 8.19. The second-order valence-corrected chi connectivity index (χ2v) is 8.19. The number of hydrogen-bond donors (Lipinski definition) is 2. The Morgan fingerprint density at radius 3 is 2.53 bits per heavy atom. The third-order valence-corrected chi connectivity index (χ3v) is 5.43. The molecule has 0 aromatic heterocycles. The van der Waals surface area contributed by atoms with Crippen molar-refractivity contribution in [3.05, 3.63) is 53.6 Å². The average Bonchev–Trinajstić information content (AvgIpc) is 3.21. The van der Waals surface area contributed by atoms with Crippen LogP contribution in [0.2, 0.25) is 0 Å². The predicted octanol–water partition coefficient (Wildman–Crippen LogP) is 3.63. The second kappa shape index (κ2) is 11.2. The van der Waals surface area contributed by atoms with Gasteiger partial charge in [-0.15, -0.1) is 13.2 Å². The van der Waals surface area contributed by atoms with Crippen LogP contribution in [0, 0.1) is 11.3 Å². The lowest BCUT2D eigenvalue weighted by atomic mass is 9.80. The third kappa shape index (κ3) is 7.91. The average molecular weight is 485 g/mol. The first-order chi connectivity index (χ1) is 15.8. The monoisotopic (exact) mass is 485 g/mol. The molecule has 1 aromatic carbocycles. The van der Waals surface area contributed by atoms with Crippen LogP contribution in [-0.4, -0.2) is 59.6 Å². The first kappa shape index (κ1) is 26.9. The Labute approximate surface area is 194 Å². The van der Waals surface area contributed by atoms with E-state index in [0.29, 0.717) is 31.6 Å².